The van der Waals surface area contributed by atoms with Crippen molar-refractivity contribution in [1.82, 2.24) is 9.97 Å². The molecule has 0 aliphatic rings. The van der Waals surface area contributed by atoms with Crippen molar-refractivity contribution in [2.75, 3.05) is 19.5 Å². The van der Waals surface area contributed by atoms with Gasteiger partial charge in [-0.05, 0) is 12.1 Å². The maximum atomic E-state index is 13.1. The molecule has 0 aliphatic heterocycles. The summed E-state index contributed by atoms with van der Waals surface area (Å²) in [6.07, 6.45) is 1.27. The molecule has 100 valence electrons. The van der Waals surface area contributed by atoms with E-state index in [4.69, 9.17) is 9.47 Å². The molecule has 0 radical (unpaired) electrons. The summed E-state index contributed by atoms with van der Waals surface area (Å²) in [5.41, 5.74) is 0. The van der Waals surface area contributed by atoms with Crippen LogP contribution in [0.2, 0.25) is 0 Å². The van der Waals surface area contributed by atoms with Crippen LogP contribution in [0.15, 0.2) is 24.5 Å². The second kappa shape index (κ2) is 5.47. The molecule has 0 amide bonds. The summed E-state index contributed by atoms with van der Waals surface area (Å²) in [4.78, 5) is 7.83. The number of rotatable bonds is 4. The van der Waals surface area contributed by atoms with Crippen molar-refractivity contribution < 1.29 is 18.3 Å². The zero-order chi connectivity index (χ0) is 13.8. The Hall–Kier alpha value is -2.44. The molecule has 0 saturated carbocycles. The van der Waals surface area contributed by atoms with Crippen LogP contribution in [0, 0.1) is 11.6 Å². The average molecular weight is 267 g/mol. The van der Waals surface area contributed by atoms with Gasteiger partial charge in [-0.1, -0.05) is 0 Å². The van der Waals surface area contributed by atoms with Crippen LogP contribution in [0.5, 0.6) is 17.4 Å². The Balaban J connectivity index is 2.35. The zero-order valence-electron chi connectivity index (χ0n) is 10.3. The van der Waals surface area contributed by atoms with Gasteiger partial charge in [-0.15, -0.1) is 0 Å². The van der Waals surface area contributed by atoms with E-state index in [1.807, 2.05) is 0 Å². The molecular weight excluding hydrogens is 256 g/mol. The topological polar surface area (TPSA) is 56.3 Å². The fourth-order valence-corrected chi connectivity index (χ4v) is 1.44. The van der Waals surface area contributed by atoms with E-state index in [0.717, 1.165) is 12.1 Å². The first-order valence-corrected chi connectivity index (χ1v) is 5.35. The van der Waals surface area contributed by atoms with Gasteiger partial charge in [0, 0.05) is 13.1 Å². The SMILES string of the molecule is CNc1ncnc(Oc2ccc(F)c(F)c2)c1OC. The molecular formula is C12H11F2N3O2. The van der Waals surface area contributed by atoms with Crippen molar-refractivity contribution in [3.8, 4) is 17.4 Å². The molecule has 1 aromatic carbocycles. The van der Waals surface area contributed by atoms with Crippen LogP contribution in [0.1, 0.15) is 0 Å². The summed E-state index contributed by atoms with van der Waals surface area (Å²) in [7, 11) is 3.09. The predicted molar refractivity (Wildman–Crippen MR) is 64.6 cm³/mol. The van der Waals surface area contributed by atoms with E-state index >= 15 is 0 Å². The van der Waals surface area contributed by atoms with Gasteiger partial charge < -0.3 is 14.8 Å². The van der Waals surface area contributed by atoms with E-state index in [9.17, 15) is 8.78 Å². The summed E-state index contributed by atoms with van der Waals surface area (Å²) >= 11 is 0. The highest BCUT2D eigenvalue weighted by atomic mass is 19.2. The molecule has 0 aliphatic carbocycles. The van der Waals surface area contributed by atoms with Crippen LogP contribution in [0.3, 0.4) is 0 Å². The van der Waals surface area contributed by atoms with Crippen LogP contribution in [-0.4, -0.2) is 24.1 Å². The van der Waals surface area contributed by atoms with Crippen LogP contribution in [-0.2, 0) is 0 Å². The van der Waals surface area contributed by atoms with Gasteiger partial charge in [0.15, 0.2) is 17.5 Å². The lowest BCUT2D eigenvalue weighted by atomic mass is 10.3. The summed E-state index contributed by atoms with van der Waals surface area (Å²) in [6.45, 7) is 0. The van der Waals surface area contributed by atoms with Crippen LogP contribution in [0.4, 0.5) is 14.6 Å². The Kier molecular flexibility index (Phi) is 3.74. The lowest BCUT2D eigenvalue weighted by Crippen LogP contribution is -2.01. The number of nitrogens with one attached hydrogen (secondary N) is 1. The second-order valence-corrected chi connectivity index (χ2v) is 3.49. The fourth-order valence-electron chi connectivity index (χ4n) is 1.44. The lowest BCUT2D eigenvalue weighted by Gasteiger charge is -2.11. The summed E-state index contributed by atoms with van der Waals surface area (Å²) in [5, 5.41) is 2.80. The van der Waals surface area contributed by atoms with E-state index in [2.05, 4.69) is 15.3 Å². The minimum Gasteiger partial charge on any atom is -0.489 e. The lowest BCUT2D eigenvalue weighted by molar-refractivity contribution is 0.367. The number of ether oxygens (including phenoxy) is 2. The summed E-state index contributed by atoms with van der Waals surface area (Å²) in [5.74, 6) is -1.03. The third-order valence-electron chi connectivity index (χ3n) is 2.32. The molecule has 2 aromatic rings. The molecule has 1 N–H and O–H groups in total. The molecule has 0 atom stereocenters. The van der Waals surface area contributed by atoms with E-state index in [-0.39, 0.29) is 17.4 Å². The molecule has 1 aromatic heterocycles. The van der Waals surface area contributed by atoms with Crippen molar-refractivity contribution in [3.05, 3.63) is 36.2 Å². The molecule has 0 spiro atoms. The normalized spacial score (nSPS) is 10.1. The number of methoxy groups -OCH3 is 1. The molecule has 0 unspecified atom stereocenters. The van der Waals surface area contributed by atoms with Crippen LogP contribution < -0.4 is 14.8 Å². The first-order chi connectivity index (χ1) is 9.15. The molecule has 0 fully saturated rings. The number of hydrogen-bond donors (Lipinski definition) is 1. The average Bonchev–Trinajstić information content (AvgIpc) is 2.42. The Bertz CT molecular complexity index is 593. The number of aromatic nitrogens is 2. The first-order valence-electron chi connectivity index (χ1n) is 5.35. The number of benzene rings is 1. The smallest absolute Gasteiger partial charge is 0.268 e. The zero-order valence-corrected chi connectivity index (χ0v) is 10.3. The van der Waals surface area contributed by atoms with Gasteiger partial charge in [0.25, 0.3) is 5.88 Å². The van der Waals surface area contributed by atoms with Gasteiger partial charge in [-0.3, -0.25) is 0 Å². The minimum absolute atomic E-state index is 0.104. The van der Waals surface area contributed by atoms with Gasteiger partial charge in [0.1, 0.15) is 12.1 Å². The first kappa shape index (κ1) is 13.0. The Labute approximate surface area is 108 Å². The van der Waals surface area contributed by atoms with Gasteiger partial charge in [-0.25, -0.2) is 13.8 Å². The number of anilines is 1. The second-order valence-electron chi connectivity index (χ2n) is 3.49. The fraction of sp³-hybridized carbons (Fsp3) is 0.167. The molecule has 0 bridgehead atoms. The quantitative estimate of drug-likeness (QED) is 0.922. The standard InChI is InChI=1S/C12H11F2N3O2/c1-15-11-10(18-2)12(17-6-16-11)19-7-3-4-8(13)9(14)5-7/h3-6H,1-2H3,(H,15,16,17). The van der Waals surface area contributed by atoms with Crippen molar-refractivity contribution in [2.24, 2.45) is 0 Å². The molecule has 0 saturated heterocycles. The van der Waals surface area contributed by atoms with Crippen LogP contribution >= 0.6 is 0 Å². The van der Waals surface area contributed by atoms with Gasteiger partial charge in [-0.2, -0.15) is 4.98 Å². The number of halogens is 2. The highest BCUT2D eigenvalue weighted by Gasteiger charge is 2.14. The largest absolute Gasteiger partial charge is 0.489 e. The van der Waals surface area contributed by atoms with E-state index < -0.39 is 11.6 Å². The van der Waals surface area contributed by atoms with Gasteiger partial charge in [0.05, 0.1) is 7.11 Å². The maximum absolute atomic E-state index is 13.1. The van der Waals surface area contributed by atoms with Gasteiger partial charge in [0.2, 0.25) is 5.75 Å². The molecule has 1 heterocycles. The Morgan fingerprint density at radius 2 is 1.95 bits per heavy atom. The predicted octanol–water partition coefficient (Wildman–Crippen LogP) is 2.60. The summed E-state index contributed by atoms with van der Waals surface area (Å²) in [6, 6.07) is 3.19. The van der Waals surface area contributed by atoms with E-state index in [1.165, 1.54) is 19.5 Å². The van der Waals surface area contributed by atoms with Crippen molar-refractivity contribution in [3.63, 3.8) is 0 Å². The number of nitrogens with zero attached hydrogens (tertiary/aromatic N) is 2. The Morgan fingerprint density at radius 1 is 1.16 bits per heavy atom. The van der Waals surface area contributed by atoms with E-state index in [1.54, 1.807) is 7.05 Å². The van der Waals surface area contributed by atoms with Crippen molar-refractivity contribution >= 4 is 5.82 Å². The third-order valence-corrected chi connectivity index (χ3v) is 2.32. The van der Waals surface area contributed by atoms with Gasteiger partial charge >= 0.3 is 0 Å². The number of hydrogen-bond acceptors (Lipinski definition) is 5. The highest BCUT2D eigenvalue weighted by molar-refractivity contribution is 5.55. The maximum Gasteiger partial charge on any atom is 0.268 e. The monoisotopic (exact) mass is 267 g/mol. The van der Waals surface area contributed by atoms with Crippen LogP contribution in [0.25, 0.3) is 0 Å². The molecule has 2 rings (SSSR count). The van der Waals surface area contributed by atoms with Crippen molar-refractivity contribution in [2.45, 2.75) is 0 Å². The molecule has 19 heavy (non-hydrogen) atoms. The molecule has 7 heteroatoms. The van der Waals surface area contributed by atoms with Crippen molar-refractivity contribution in [1.29, 1.82) is 0 Å². The molecule has 5 nitrogen and oxygen atoms in total. The van der Waals surface area contributed by atoms with E-state index in [0.29, 0.717) is 5.82 Å². The highest BCUT2D eigenvalue weighted by Crippen LogP contribution is 2.34. The minimum atomic E-state index is -1.00. The Morgan fingerprint density at radius 3 is 2.58 bits per heavy atom. The third kappa shape index (κ3) is 2.70. The summed E-state index contributed by atoms with van der Waals surface area (Å²) < 4.78 is 36.4.